The number of primary amides is 1. The number of nitrogens with two attached hydrogens (primary N) is 1. The molecule has 0 aliphatic rings. The minimum absolute atomic E-state index is 0.229. The van der Waals surface area contributed by atoms with Gasteiger partial charge in [-0.1, -0.05) is 35.3 Å². The Kier molecular flexibility index (Phi) is 4.47. The molecule has 0 unspecified atom stereocenters. The lowest BCUT2D eigenvalue weighted by molar-refractivity contribution is -0.125. The smallest absolute Gasteiger partial charge is 0.263 e. The number of benzene rings is 2. The number of ether oxygens (including phenoxy) is 1. The minimum Gasteiger partial charge on any atom is -0.474 e. The van der Waals surface area contributed by atoms with Crippen molar-refractivity contribution in [3.8, 4) is 5.75 Å². The highest BCUT2D eigenvalue weighted by Gasteiger charge is 2.21. The van der Waals surface area contributed by atoms with E-state index in [1.54, 1.807) is 12.1 Å². The Balaban J connectivity index is 2.32. The number of carbonyl (C=O) groups excluding carboxylic acids is 1. The van der Waals surface area contributed by atoms with Gasteiger partial charge in [-0.2, -0.15) is 0 Å². The van der Waals surface area contributed by atoms with Gasteiger partial charge in [-0.15, -0.1) is 0 Å². The fourth-order valence-corrected chi connectivity index (χ4v) is 1.95. The second-order valence-corrected chi connectivity index (χ2v) is 4.87. The molecule has 2 N–H and O–H groups in total. The van der Waals surface area contributed by atoms with Crippen LogP contribution in [0.2, 0.25) is 10.0 Å². The van der Waals surface area contributed by atoms with Gasteiger partial charge in [0.1, 0.15) is 11.6 Å². The van der Waals surface area contributed by atoms with Crippen LogP contribution < -0.4 is 10.5 Å². The van der Waals surface area contributed by atoms with E-state index in [0.717, 1.165) is 0 Å². The molecule has 0 radical (unpaired) electrons. The van der Waals surface area contributed by atoms with Crippen molar-refractivity contribution in [3.63, 3.8) is 0 Å². The average Bonchev–Trinajstić information content (AvgIpc) is 2.40. The number of carbonyl (C=O) groups is 1. The number of hydrogen-bond acceptors (Lipinski definition) is 2. The third-order valence-corrected chi connectivity index (χ3v) is 3.12. The van der Waals surface area contributed by atoms with Crippen LogP contribution in [0.1, 0.15) is 11.7 Å². The number of halogens is 3. The van der Waals surface area contributed by atoms with Crippen molar-refractivity contribution in [2.24, 2.45) is 5.73 Å². The molecule has 0 fully saturated rings. The molecule has 0 aliphatic carbocycles. The van der Waals surface area contributed by atoms with E-state index in [2.05, 4.69) is 0 Å². The van der Waals surface area contributed by atoms with Crippen LogP contribution in [-0.2, 0) is 4.79 Å². The van der Waals surface area contributed by atoms with E-state index in [0.29, 0.717) is 15.6 Å². The molecular formula is C14H10Cl2FNO2. The van der Waals surface area contributed by atoms with E-state index in [-0.39, 0.29) is 5.75 Å². The molecule has 0 saturated carbocycles. The molecule has 6 heteroatoms. The van der Waals surface area contributed by atoms with Crippen LogP contribution in [-0.4, -0.2) is 5.91 Å². The lowest BCUT2D eigenvalue weighted by atomic mass is 10.1. The fraction of sp³-hybridized carbons (Fsp3) is 0.0714. The molecule has 0 saturated heterocycles. The van der Waals surface area contributed by atoms with Gasteiger partial charge in [0.2, 0.25) is 6.10 Å². The van der Waals surface area contributed by atoms with Crippen molar-refractivity contribution in [2.45, 2.75) is 6.10 Å². The molecule has 0 aliphatic heterocycles. The van der Waals surface area contributed by atoms with Crippen molar-refractivity contribution >= 4 is 29.1 Å². The van der Waals surface area contributed by atoms with Gasteiger partial charge in [0.25, 0.3) is 5.91 Å². The predicted molar refractivity (Wildman–Crippen MR) is 75.4 cm³/mol. The summed E-state index contributed by atoms with van der Waals surface area (Å²) in [6.45, 7) is 0. The molecule has 20 heavy (non-hydrogen) atoms. The molecule has 0 bridgehead atoms. The molecule has 1 amide bonds. The summed E-state index contributed by atoms with van der Waals surface area (Å²) in [4.78, 5) is 11.5. The highest BCUT2D eigenvalue weighted by molar-refractivity contribution is 6.34. The Morgan fingerprint density at radius 3 is 2.40 bits per heavy atom. The molecular weight excluding hydrogens is 304 g/mol. The third-order valence-electron chi connectivity index (χ3n) is 2.57. The SMILES string of the molecule is NC(=O)[C@H](Oc1cc(Cl)ccc1Cl)c1ccc(F)cc1. The van der Waals surface area contributed by atoms with Crippen molar-refractivity contribution in [2.75, 3.05) is 0 Å². The number of amides is 1. The summed E-state index contributed by atoms with van der Waals surface area (Å²) in [5.74, 6) is -0.905. The van der Waals surface area contributed by atoms with E-state index in [4.69, 9.17) is 33.7 Å². The first-order valence-electron chi connectivity index (χ1n) is 5.64. The normalized spacial score (nSPS) is 11.9. The zero-order valence-electron chi connectivity index (χ0n) is 10.1. The van der Waals surface area contributed by atoms with Gasteiger partial charge in [0.05, 0.1) is 5.02 Å². The Morgan fingerprint density at radius 1 is 1.15 bits per heavy atom. The van der Waals surface area contributed by atoms with Crippen molar-refractivity contribution in [1.82, 2.24) is 0 Å². The van der Waals surface area contributed by atoms with E-state index in [1.165, 1.54) is 30.3 Å². The van der Waals surface area contributed by atoms with Crippen molar-refractivity contribution in [3.05, 3.63) is 63.9 Å². The Morgan fingerprint density at radius 2 is 1.80 bits per heavy atom. The summed E-state index contributed by atoms with van der Waals surface area (Å²) >= 11 is 11.8. The molecule has 104 valence electrons. The van der Waals surface area contributed by atoms with Gasteiger partial charge >= 0.3 is 0 Å². The highest BCUT2D eigenvalue weighted by Crippen LogP contribution is 2.31. The first kappa shape index (κ1) is 14.6. The molecule has 2 rings (SSSR count). The molecule has 2 aromatic carbocycles. The van der Waals surface area contributed by atoms with Gasteiger partial charge in [0, 0.05) is 16.7 Å². The number of rotatable bonds is 4. The van der Waals surface area contributed by atoms with Gasteiger partial charge in [0.15, 0.2) is 0 Å². The molecule has 0 aromatic heterocycles. The average molecular weight is 314 g/mol. The standard InChI is InChI=1S/C14H10Cl2FNO2/c15-9-3-6-11(16)12(7-9)20-13(14(18)19)8-1-4-10(17)5-2-8/h1-7,13H,(H2,18,19)/t13-/m1/s1. The lowest BCUT2D eigenvalue weighted by Crippen LogP contribution is -2.26. The molecule has 0 spiro atoms. The largest absolute Gasteiger partial charge is 0.474 e. The molecule has 2 aromatic rings. The number of hydrogen-bond donors (Lipinski definition) is 1. The van der Waals surface area contributed by atoms with Crippen LogP contribution in [0.3, 0.4) is 0 Å². The first-order valence-corrected chi connectivity index (χ1v) is 6.39. The predicted octanol–water partition coefficient (Wildman–Crippen LogP) is 3.74. The first-order chi connectivity index (χ1) is 9.47. The summed E-state index contributed by atoms with van der Waals surface area (Å²) in [6, 6.07) is 9.88. The van der Waals surface area contributed by atoms with Crippen LogP contribution in [0.4, 0.5) is 4.39 Å². The molecule has 0 heterocycles. The van der Waals surface area contributed by atoms with Gasteiger partial charge in [-0.3, -0.25) is 4.79 Å². The topological polar surface area (TPSA) is 52.3 Å². The Labute approximate surface area is 125 Å². The van der Waals surface area contributed by atoms with Crippen LogP contribution in [0, 0.1) is 5.82 Å². The highest BCUT2D eigenvalue weighted by atomic mass is 35.5. The summed E-state index contributed by atoms with van der Waals surface area (Å²) in [5, 5.41) is 0.703. The second-order valence-electron chi connectivity index (χ2n) is 4.03. The monoisotopic (exact) mass is 313 g/mol. The van der Waals surface area contributed by atoms with E-state index < -0.39 is 17.8 Å². The summed E-state index contributed by atoms with van der Waals surface area (Å²) in [6.07, 6.45) is -1.08. The van der Waals surface area contributed by atoms with E-state index >= 15 is 0 Å². The van der Waals surface area contributed by atoms with Crippen LogP contribution in [0.15, 0.2) is 42.5 Å². The van der Waals surface area contributed by atoms with Crippen molar-refractivity contribution in [1.29, 1.82) is 0 Å². The maximum absolute atomic E-state index is 12.9. The molecule has 3 nitrogen and oxygen atoms in total. The van der Waals surface area contributed by atoms with E-state index in [1.807, 2.05) is 0 Å². The summed E-state index contributed by atoms with van der Waals surface area (Å²) < 4.78 is 18.4. The Hall–Kier alpha value is -1.78. The van der Waals surface area contributed by atoms with Gasteiger partial charge in [-0.05, 0) is 24.3 Å². The van der Waals surface area contributed by atoms with Crippen LogP contribution >= 0.6 is 23.2 Å². The van der Waals surface area contributed by atoms with Crippen LogP contribution in [0.5, 0.6) is 5.75 Å². The lowest BCUT2D eigenvalue weighted by Gasteiger charge is -2.17. The maximum Gasteiger partial charge on any atom is 0.263 e. The summed E-state index contributed by atoms with van der Waals surface area (Å²) in [5.41, 5.74) is 5.73. The minimum atomic E-state index is -1.08. The second kappa shape index (κ2) is 6.11. The zero-order chi connectivity index (χ0) is 14.7. The summed E-state index contributed by atoms with van der Waals surface area (Å²) in [7, 11) is 0. The zero-order valence-corrected chi connectivity index (χ0v) is 11.7. The van der Waals surface area contributed by atoms with Crippen molar-refractivity contribution < 1.29 is 13.9 Å². The Bertz CT molecular complexity index is 632. The maximum atomic E-state index is 12.9. The fourth-order valence-electron chi connectivity index (χ4n) is 1.62. The van der Waals surface area contributed by atoms with E-state index in [9.17, 15) is 9.18 Å². The van der Waals surface area contributed by atoms with Gasteiger partial charge in [-0.25, -0.2) is 4.39 Å². The van der Waals surface area contributed by atoms with Gasteiger partial charge < -0.3 is 10.5 Å². The van der Waals surface area contributed by atoms with Crippen LogP contribution in [0.25, 0.3) is 0 Å². The quantitative estimate of drug-likeness (QED) is 0.934. The molecule has 1 atom stereocenters. The third kappa shape index (κ3) is 3.40.